The second kappa shape index (κ2) is 7.47. The topological polar surface area (TPSA) is 79.0 Å². The number of methoxy groups -OCH3 is 1. The van der Waals surface area contributed by atoms with E-state index in [1.54, 1.807) is 30.6 Å². The predicted molar refractivity (Wildman–Crippen MR) is 101 cm³/mol. The lowest BCUT2D eigenvalue weighted by molar-refractivity contribution is 0.372. The predicted octanol–water partition coefficient (Wildman–Crippen LogP) is 4.75. The van der Waals surface area contributed by atoms with Gasteiger partial charge in [-0.1, -0.05) is 0 Å². The van der Waals surface area contributed by atoms with E-state index in [1.807, 2.05) is 17.5 Å². The summed E-state index contributed by atoms with van der Waals surface area (Å²) in [5.41, 5.74) is 2.90. The van der Waals surface area contributed by atoms with E-state index in [2.05, 4.69) is 32.0 Å². The molecule has 3 rings (SSSR count). The molecule has 2 heterocycles. The monoisotopic (exact) mass is 413 g/mol. The molecule has 124 valence electrons. The third-order valence-electron chi connectivity index (χ3n) is 3.41. The van der Waals surface area contributed by atoms with Crippen LogP contribution in [0.2, 0.25) is 0 Å². The number of ether oxygens (including phenoxy) is 1. The maximum Gasteiger partial charge on any atom is 0.172 e. The highest BCUT2D eigenvalue weighted by molar-refractivity contribution is 9.10. The Kier molecular flexibility index (Phi) is 5.12. The van der Waals surface area contributed by atoms with Gasteiger partial charge in [-0.05, 0) is 51.8 Å². The normalized spacial score (nSPS) is 11.2. The zero-order chi connectivity index (χ0) is 17.8. The first kappa shape index (κ1) is 17.1. The first-order valence-corrected chi connectivity index (χ1v) is 8.84. The molecule has 7 heteroatoms. The Morgan fingerprint density at radius 3 is 2.80 bits per heavy atom. The van der Waals surface area contributed by atoms with Gasteiger partial charge in [0.2, 0.25) is 0 Å². The molecule has 1 N–H and O–H groups in total. The van der Waals surface area contributed by atoms with Crippen LogP contribution >= 0.6 is 27.3 Å². The second-order valence-corrected chi connectivity index (χ2v) is 6.71. The molecule has 0 spiro atoms. The van der Waals surface area contributed by atoms with Gasteiger partial charge in [0.05, 0.1) is 22.8 Å². The van der Waals surface area contributed by atoms with Crippen molar-refractivity contribution in [2.45, 2.75) is 0 Å². The minimum atomic E-state index is 0.0207. The summed E-state index contributed by atoms with van der Waals surface area (Å²) in [5.74, 6) is 0.349. The number of phenolic OH excluding ortho intramolecular Hbond substituents is 1. The van der Waals surface area contributed by atoms with E-state index < -0.39 is 0 Å². The summed E-state index contributed by atoms with van der Waals surface area (Å²) < 4.78 is 5.63. The van der Waals surface area contributed by atoms with Crippen LogP contribution in [0, 0.1) is 11.3 Å². The molecule has 2 aromatic heterocycles. The summed E-state index contributed by atoms with van der Waals surface area (Å²) in [6.07, 6.45) is 5.12. The summed E-state index contributed by atoms with van der Waals surface area (Å²) in [4.78, 5) is 8.53. The molecule has 1 aromatic carbocycles. The fourth-order valence-corrected chi connectivity index (χ4v) is 3.45. The van der Waals surface area contributed by atoms with Gasteiger partial charge >= 0.3 is 0 Å². The Balaban J connectivity index is 1.99. The van der Waals surface area contributed by atoms with Crippen LogP contribution in [0.1, 0.15) is 10.6 Å². The number of hydrogen-bond acceptors (Lipinski definition) is 6. The SMILES string of the molecule is COc1cc(C=C(C#N)c2nc(-c3ccncc3)cs2)cc(Br)c1O. The van der Waals surface area contributed by atoms with Crippen LogP contribution in [0.25, 0.3) is 22.9 Å². The van der Waals surface area contributed by atoms with E-state index >= 15 is 0 Å². The molecule has 0 amide bonds. The van der Waals surface area contributed by atoms with Gasteiger partial charge in [-0.3, -0.25) is 4.98 Å². The van der Waals surface area contributed by atoms with Gasteiger partial charge in [0.25, 0.3) is 0 Å². The van der Waals surface area contributed by atoms with Gasteiger partial charge < -0.3 is 9.84 Å². The molecular formula is C18H12BrN3O2S. The van der Waals surface area contributed by atoms with Gasteiger partial charge in [-0.25, -0.2) is 4.98 Å². The summed E-state index contributed by atoms with van der Waals surface area (Å²) in [6, 6.07) is 9.30. The van der Waals surface area contributed by atoms with Crippen molar-refractivity contribution in [2.24, 2.45) is 0 Å². The van der Waals surface area contributed by atoms with Crippen molar-refractivity contribution in [1.82, 2.24) is 9.97 Å². The second-order valence-electron chi connectivity index (χ2n) is 5.00. The van der Waals surface area contributed by atoms with E-state index in [1.165, 1.54) is 18.4 Å². The fraction of sp³-hybridized carbons (Fsp3) is 0.0556. The average molecular weight is 414 g/mol. The number of thiazole rings is 1. The number of phenols is 1. The van der Waals surface area contributed by atoms with Crippen molar-refractivity contribution in [1.29, 1.82) is 5.26 Å². The quantitative estimate of drug-likeness (QED) is 0.624. The molecule has 5 nitrogen and oxygen atoms in total. The Labute approximate surface area is 157 Å². The minimum Gasteiger partial charge on any atom is -0.503 e. The Morgan fingerprint density at radius 1 is 1.36 bits per heavy atom. The summed E-state index contributed by atoms with van der Waals surface area (Å²) >= 11 is 4.68. The number of aromatic hydroxyl groups is 1. The number of halogens is 1. The maximum atomic E-state index is 9.89. The maximum absolute atomic E-state index is 9.89. The number of nitrogens with zero attached hydrogens (tertiary/aromatic N) is 3. The minimum absolute atomic E-state index is 0.0207. The van der Waals surface area contributed by atoms with E-state index in [0.717, 1.165) is 16.8 Å². The van der Waals surface area contributed by atoms with Crippen LogP contribution in [-0.4, -0.2) is 22.2 Å². The van der Waals surface area contributed by atoms with Gasteiger partial charge in [-0.15, -0.1) is 11.3 Å². The Bertz CT molecular complexity index is 978. The zero-order valence-electron chi connectivity index (χ0n) is 13.1. The first-order valence-electron chi connectivity index (χ1n) is 7.17. The van der Waals surface area contributed by atoms with E-state index in [-0.39, 0.29) is 5.75 Å². The molecule has 0 aliphatic carbocycles. The summed E-state index contributed by atoms with van der Waals surface area (Å²) in [6.45, 7) is 0. The first-order chi connectivity index (χ1) is 12.1. The number of pyridine rings is 1. The molecule has 0 saturated heterocycles. The van der Waals surface area contributed by atoms with Crippen LogP contribution in [-0.2, 0) is 0 Å². The average Bonchev–Trinajstić information content (AvgIpc) is 3.13. The van der Waals surface area contributed by atoms with E-state index in [4.69, 9.17) is 4.74 Å². The lowest BCUT2D eigenvalue weighted by Gasteiger charge is -2.06. The summed E-state index contributed by atoms with van der Waals surface area (Å²) in [7, 11) is 1.47. The van der Waals surface area contributed by atoms with Crippen molar-refractivity contribution < 1.29 is 9.84 Å². The van der Waals surface area contributed by atoms with Gasteiger partial charge in [0.1, 0.15) is 11.1 Å². The van der Waals surface area contributed by atoms with Crippen LogP contribution in [0.4, 0.5) is 0 Å². The highest BCUT2D eigenvalue weighted by atomic mass is 79.9. The smallest absolute Gasteiger partial charge is 0.172 e. The number of nitriles is 1. The molecular weight excluding hydrogens is 402 g/mol. The third kappa shape index (κ3) is 3.71. The molecule has 25 heavy (non-hydrogen) atoms. The number of benzene rings is 1. The molecule has 0 aliphatic rings. The molecule has 0 aliphatic heterocycles. The van der Waals surface area contributed by atoms with Crippen molar-refractivity contribution in [3.05, 3.63) is 57.1 Å². The molecule has 0 bridgehead atoms. The highest BCUT2D eigenvalue weighted by Crippen LogP contribution is 2.36. The lowest BCUT2D eigenvalue weighted by Crippen LogP contribution is -1.87. The summed E-state index contributed by atoms with van der Waals surface area (Å²) in [5, 5.41) is 21.9. The largest absolute Gasteiger partial charge is 0.503 e. The van der Waals surface area contributed by atoms with Crippen molar-refractivity contribution >= 4 is 38.9 Å². The van der Waals surface area contributed by atoms with Crippen molar-refractivity contribution in [3.63, 3.8) is 0 Å². The van der Waals surface area contributed by atoms with Crippen LogP contribution < -0.4 is 4.74 Å². The van der Waals surface area contributed by atoms with Crippen molar-refractivity contribution in [3.8, 4) is 28.8 Å². The Hall–Kier alpha value is -2.69. The van der Waals surface area contributed by atoms with Crippen LogP contribution in [0.3, 0.4) is 0 Å². The van der Waals surface area contributed by atoms with Crippen LogP contribution in [0.5, 0.6) is 11.5 Å². The molecule has 0 atom stereocenters. The van der Waals surface area contributed by atoms with Crippen molar-refractivity contribution in [2.75, 3.05) is 7.11 Å². The molecule has 3 aromatic rings. The van der Waals surface area contributed by atoms with E-state index in [9.17, 15) is 10.4 Å². The molecule has 0 saturated carbocycles. The number of hydrogen-bond donors (Lipinski definition) is 1. The fourth-order valence-electron chi connectivity index (χ4n) is 2.19. The molecule has 0 unspecified atom stereocenters. The lowest BCUT2D eigenvalue weighted by atomic mass is 10.1. The highest BCUT2D eigenvalue weighted by Gasteiger charge is 2.11. The Morgan fingerprint density at radius 2 is 2.12 bits per heavy atom. The molecule has 0 radical (unpaired) electrons. The number of allylic oxidation sites excluding steroid dienone is 1. The molecule has 0 fully saturated rings. The van der Waals surface area contributed by atoms with Crippen LogP contribution in [0.15, 0.2) is 46.5 Å². The van der Waals surface area contributed by atoms with Gasteiger partial charge in [0, 0.05) is 23.3 Å². The van der Waals surface area contributed by atoms with Gasteiger partial charge in [0.15, 0.2) is 11.5 Å². The number of rotatable bonds is 4. The van der Waals surface area contributed by atoms with Gasteiger partial charge in [-0.2, -0.15) is 5.26 Å². The van der Waals surface area contributed by atoms with E-state index in [0.29, 0.717) is 20.8 Å². The third-order valence-corrected chi connectivity index (χ3v) is 4.89. The zero-order valence-corrected chi connectivity index (χ0v) is 15.5. The number of aromatic nitrogens is 2. The standard InChI is InChI=1S/C18H12BrN3O2S/c1-24-16-8-11(7-14(19)17(16)23)6-13(9-20)18-22-15(10-25-18)12-2-4-21-5-3-12/h2-8,10,23H,1H3.